The van der Waals surface area contributed by atoms with Crippen molar-refractivity contribution in [2.24, 2.45) is 17.1 Å². The third-order valence-corrected chi connectivity index (χ3v) is 4.10. The molecule has 2 saturated heterocycles. The summed E-state index contributed by atoms with van der Waals surface area (Å²) in [5.41, 5.74) is 5.67. The van der Waals surface area contributed by atoms with Gasteiger partial charge in [-0.15, -0.1) is 0 Å². The molecule has 16 heavy (non-hydrogen) atoms. The second-order valence-corrected chi connectivity index (χ2v) is 5.12. The van der Waals surface area contributed by atoms with Crippen LogP contribution in [0.4, 0.5) is 0 Å². The van der Waals surface area contributed by atoms with Crippen LogP contribution < -0.4 is 5.73 Å². The fraction of sp³-hybridized carbons (Fsp3) is 1.00. The molecule has 2 atom stereocenters. The van der Waals surface area contributed by atoms with Gasteiger partial charge in [-0.25, -0.2) is 0 Å². The maximum Gasteiger partial charge on any atom is 0.0660 e. The monoisotopic (exact) mass is 229 g/mol. The van der Waals surface area contributed by atoms with Gasteiger partial charge in [0.25, 0.3) is 0 Å². The molecule has 2 aliphatic rings. The van der Waals surface area contributed by atoms with Crippen LogP contribution in [0.1, 0.15) is 25.7 Å². The fourth-order valence-corrected chi connectivity index (χ4v) is 2.92. The van der Waals surface area contributed by atoms with Gasteiger partial charge in [-0.3, -0.25) is 0 Å². The lowest BCUT2D eigenvalue weighted by molar-refractivity contribution is -0.113. The highest BCUT2D eigenvalue weighted by Crippen LogP contribution is 2.37. The molecule has 2 unspecified atom stereocenters. The van der Waals surface area contributed by atoms with Crippen LogP contribution in [0.2, 0.25) is 0 Å². The van der Waals surface area contributed by atoms with E-state index in [0.717, 1.165) is 45.5 Å². The Morgan fingerprint density at radius 3 is 2.56 bits per heavy atom. The average Bonchev–Trinajstić information content (AvgIpc) is 2.39. The molecule has 0 bridgehead atoms. The lowest BCUT2D eigenvalue weighted by Crippen LogP contribution is -2.51. The molecule has 0 amide bonds. The zero-order chi connectivity index (χ0) is 11.4. The molecule has 0 aromatic carbocycles. The highest BCUT2D eigenvalue weighted by Gasteiger charge is 2.42. The third kappa shape index (κ3) is 2.40. The predicted octanol–water partition coefficient (Wildman–Crippen LogP) is 0.529. The van der Waals surface area contributed by atoms with Crippen LogP contribution in [0.15, 0.2) is 0 Å². The van der Waals surface area contributed by atoms with Gasteiger partial charge in [0.15, 0.2) is 0 Å². The first kappa shape index (κ1) is 12.3. The van der Waals surface area contributed by atoms with Gasteiger partial charge in [-0.1, -0.05) is 0 Å². The van der Waals surface area contributed by atoms with Gasteiger partial charge in [-0.2, -0.15) is 0 Å². The Labute approximate surface area is 97.1 Å². The molecule has 0 aromatic rings. The number of aliphatic hydroxyl groups excluding tert-OH is 1. The molecule has 3 N–H and O–H groups in total. The van der Waals surface area contributed by atoms with Crippen molar-refractivity contribution in [3.05, 3.63) is 0 Å². The second kappa shape index (κ2) is 5.45. The molecule has 4 heteroatoms. The first-order valence-electron chi connectivity index (χ1n) is 6.32. The summed E-state index contributed by atoms with van der Waals surface area (Å²) >= 11 is 0. The zero-order valence-electron chi connectivity index (χ0n) is 9.86. The van der Waals surface area contributed by atoms with Crippen molar-refractivity contribution in [1.82, 2.24) is 0 Å². The molecule has 0 aromatic heterocycles. The molecule has 2 rings (SSSR count). The second-order valence-electron chi connectivity index (χ2n) is 5.12. The topological polar surface area (TPSA) is 64.7 Å². The van der Waals surface area contributed by atoms with Crippen molar-refractivity contribution in [1.29, 1.82) is 0 Å². The molecular formula is C12H23NO3. The summed E-state index contributed by atoms with van der Waals surface area (Å²) < 4.78 is 10.8. The van der Waals surface area contributed by atoms with Gasteiger partial charge >= 0.3 is 0 Å². The van der Waals surface area contributed by atoms with E-state index in [1.807, 2.05) is 0 Å². The van der Waals surface area contributed by atoms with E-state index in [4.69, 9.17) is 15.2 Å². The number of aliphatic hydroxyl groups is 1. The number of ether oxygens (including phenoxy) is 2. The molecule has 4 nitrogen and oxygen atoms in total. The van der Waals surface area contributed by atoms with E-state index in [0.29, 0.717) is 19.1 Å². The minimum absolute atomic E-state index is 0.208. The van der Waals surface area contributed by atoms with Crippen LogP contribution in [0.25, 0.3) is 0 Å². The quantitative estimate of drug-likeness (QED) is 0.741. The Morgan fingerprint density at radius 1 is 1.25 bits per heavy atom. The smallest absolute Gasteiger partial charge is 0.0660 e. The molecule has 2 heterocycles. The largest absolute Gasteiger partial charge is 0.392 e. The van der Waals surface area contributed by atoms with Crippen LogP contribution >= 0.6 is 0 Å². The zero-order valence-corrected chi connectivity index (χ0v) is 9.86. The summed E-state index contributed by atoms with van der Waals surface area (Å²) in [5, 5.41) is 10.5. The van der Waals surface area contributed by atoms with E-state index in [1.165, 1.54) is 0 Å². The van der Waals surface area contributed by atoms with Crippen molar-refractivity contribution in [3.8, 4) is 0 Å². The van der Waals surface area contributed by atoms with Crippen molar-refractivity contribution in [2.75, 3.05) is 33.0 Å². The number of rotatable bonds is 3. The summed E-state index contributed by atoms with van der Waals surface area (Å²) in [7, 11) is 0. The number of hydrogen-bond donors (Lipinski definition) is 2. The highest BCUT2D eigenvalue weighted by atomic mass is 16.5. The molecule has 2 fully saturated rings. The predicted molar refractivity (Wildman–Crippen MR) is 61.1 cm³/mol. The molecule has 0 spiro atoms. The number of nitrogens with two attached hydrogens (primary N) is 1. The third-order valence-electron chi connectivity index (χ3n) is 4.10. The van der Waals surface area contributed by atoms with Gasteiger partial charge in [0.05, 0.1) is 12.7 Å². The lowest BCUT2D eigenvalue weighted by atomic mass is 9.71. The van der Waals surface area contributed by atoms with Crippen LogP contribution in [0.5, 0.6) is 0 Å². The summed E-state index contributed by atoms with van der Waals surface area (Å²) in [6.07, 6.45) is 3.56. The van der Waals surface area contributed by atoms with Crippen LogP contribution in [0, 0.1) is 11.3 Å². The van der Waals surface area contributed by atoms with Crippen molar-refractivity contribution in [2.45, 2.75) is 31.8 Å². The summed E-state index contributed by atoms with van der Waals surface area (Å²) in [4.78, 5) is 0. The van der Waals surface area contributed by atoms with E-state index < -0.39 is 0 Å². The normalized spacial score (nSPS) is 34.9. The number of hydrogen-bond acceptors (Lipinski definition) is 4. The van der Waals surface area contributed by atoms with Gasteiger partial charge in [-0.05, 0) is 31.6 Å². The standard InChI is InChI=1S/C12H23NO3/c13-8-12(4-1-5-16-9-12)11(14)10-2-6-15-7-3-10/h10-11,14H,1-9,13H2. The van der Waals surface area contributed by atoms with E-state index >= 15 is 0 Å². The Bertz CT molecular complexity index is 210. The lowest BCUT2D eigenvalue weighted by Gasteiger charge is -2.44. The van der Waals surface area contributed by atoms with Crippen LogP contribution in [-0.2, 0) is 9.47 Å². The summed E-state index contributed by atoms with van der Waals surface area (Å²) in [6, 6.07) is 0. The highest BCUT2D eigenvalue weighted by molar-refractivity contribution is 4.93. The fourth-order valence-electron chi connectivity index (χ4n) is 2.92. The van der Waals surface area contributed by atoms with Crippen LogP contribution in [-0.4, -0.2) is 44.2 Å². The van der Waals surface area contributed by atoms with Gasteiger partial charge in [0, 0.05) is 31.8 Å². The Kier molecular flexibility index (Phi) is 4.19. The molecule has 0 saturated carbocycles. The maximum absolute atomic E-state index is 10.5. The van der Waals surface area contributed by atoms with E-state index in [2.05, 4.69) is 0 Å². The Balaban J connectivity index is 2.00. The van der Waals surface area contributed by atoms with Gasteiger partial charge < -0.3 is 20.3 Å². The minimum atomic E-state index is -0.332. The van der Waals surface area contributed by atoms with Crippen molar-refractivity contribution >= 4 is 0 Å². The summed E-state index contributed by atoms with van der Waals surface area (Å²) in [5.74, 6) is 0.332. The summed E-state index contributed by atoms with van der Waals surface area (Å²) in [6.45, 7) is 3.47. The first-order chi connectivity index (χ1) is 7.78. The van der Waals surface area contributed by atoms with E-state index in [9.17, 15) is 5.11 Å². The minimum Gasteiger partial charge on any atom is -0.392 e. The Hall–Kier alpha value is -0.160. The van der Waals surface area contributed by atoms with Gasteiger partial charge in [0.2, 0.25) is 0 Å². The van der Waals surface area contributed by atoms with Gasteiger partial charge in [0.1, 0.15) is 0 Å². The van der Waals surface area contributed by atoms with Crippen molar-refractivity contribution in [3.63, 3.8) is 0 Å². The molecule has 0 aliphatic carbocycles. The Morgan fingerprint density at radius 2 is 2.00 bits per heavy atom. The molecule has 2 aliphatic heterocycles. The average molecular weight is 229 g/mol. The SMILES string of the molecule is NCC1(C(O)C2CCOCC2)CCCOC1. The molecule has 0 radical (unpaired) electrons. The van der Waals surface area contributed by atoms with E-state index in [-0.39, 0.29) is 11.5 Å². The maximum atomic E-state index is 10.5. The van der Waals surface area contributed by atoms with Crippen molar-refractivity contribution < 1.29 is 14.6 Å². The van der Waals surface area contributed by atoms with E-state index in [1.54, 1.807) is 0 Å². The molecule has 94 valence electrons. The molecular weight excluding hydrogens is 206 g/mol. The first-order valence-corrected chi connectivity index (χ1v) is 6.32. The van der Waals surface area contributed by atoms with Crippen LogP contribution in [0.3, 0.4) is 0 Å².